The minimum absolute atomic E-state index is 0.0712. The van der Waals surface area contributed by atoms with E-state index in [4.69, 9.17) is 23.5 Å². The number of morpholine rings is 1. The zero-order chi connectivity index (χ0) is 17.4. The lowest BCUT2D eigenvalue weighted by molar-refractivity contribution is -0.0930. The predicted molar refractivity (Wildman–Crippen MR) is 86.7 cm³/mol. The van der Waals surface area contributed by atoms with Crippen molar-refractivity contribution in [3.05, 3.63) is 29.4 Å². The molecule has 25 heavy (non-hydrogen) atoms. The van der Waals surface area contributed by atoms with E-state index in [0.717, 1.165) is 24.4 Å². The van der Waals surface area contributed by atoms with E-state index in [1.54, 1.807) is 14.0 Å². The van der Waals surface area contributed by atoms with Gasteiger partial charge in [-0.1, -0.05) is 5.16 Å². The molecule has 2 aliphatic heterocycles. The van der Waals surface area contributed by atoms with Crippen LogP contribution in [0.5, 0.6) is 17.2 Å². The van der Waals surface area contributed by atoms with Gasteiger partial charge in [-0.3, -0.25) is 4.90 Å². The molecule has 0 aliphatic carbocycles. The average molecular weight is 347 g/mol. The Kier molecular flexibility index (Phi) is 4.22. The molecule has 2 aliphatic rings. The first-order chi connectivity index (χ1) is 12.1. The third-order valence-corrected chi connectivity index (χ3v) is 4.28. The lowest BCUT2D eigenvalue weighted by atomic mass is 10.1. The van der Waals surface area contributed by atoms with Gasteiger partial charge < -0.3 is 23.5 Å². The minimum Gasteiger partial charge on any atom is -0.493 e. The van der Waals surface area contributed by atoms with Crippen molar-refractivity contribution in [2.75, 3.05) is 27.0 Å². The Morgan fingerprint density at radius 2 is 2.16 bits per heavy atom. The molecule has 1 saturated heterocycles. The maximum absolute atomic E-state index is 5.97. The lowest BCUT2D eigenvalue weighted by Crippen LogP contribution is -2.42. The van der Waals surface area contributed by atoms with Crippen molar-refractivity contribution in [3.63, 3.8) is 0 Å². The van der Waals surface area contributed by atoms with E-state index in [0.29, 0.717) is 29.8 Å². The number of methoxy groups -OCH3 is 1. The molecule has 0 amide bonds. The molecule has 0 unspecified atom stereocenters. The molecular weight excluding hydrogens is 326 g/mol. The minimum atomic E-state index is -0.221. The smallest absolute Gasteiger partial charge is 0.257 e. The zero-order valence-corrected chi connectivity index (χ0v) is 14.5. The van der Waals surface area contributed by atoms with Crippen molar-refractivity contribution < 1.29 is 23.5 Å². The fourth-order valence-corrected chi connectivity index (χ4v) is 3.28. The number of rotatable bonds is 4. The summed E-state index contributed by atoms with van der Waals surface area (Å²) in [5.74, 6) is 3.22. The number of hydrogen-bond donors (Lipinski definition) is 0. The molecule has 1 aromatic carbocycles. The molecule has 2 aromatic rings. The van der Waals surface area contributed by atoms with E-state index < -0.39 is 0 Å². The molecule has 0 saturated carbocycles. The first kappa shape index (κ1) is 16.2. The number of aromatic nitrogens is 2. The molecule has 0 radical (unpaired) electrons. The summed E-state index contributed by atoms with van der Waals surface area (Å²) in [5.41, 5.74) is 1.09. The number of fused-ring (bicyclic) bond motifs is 1. The van der Waals surface area contributed by atoms with E-state index in [1.807, 2.05) is 19.1 Å². The van der Waals surface area contributed by atoms with Crippen LogP contribution in [0.3, 0.4) is 0 Å². The van der Waals surface area contributed by atoms with Gasteiger partial charge in [0.15, 0.2) is 17.3 Å². The number of ether oxygens (including phenoxy) is 4. The van der Waals surface area contributed by atoms with Crippen molar-refractivity contribution in [1.82, 2.24) is 15.0 Å². The van der Waals surface area contributed by atoms with Gasteiger partial charge in [-0.15, -0.1) is 0 Å². The highest BCUT2D eigenvalue weighted by atomic mass is 16.7. The van der Waals surface area contributed by atoms with Gasteiger partial charge in [0.2, 0.25) is 12.5 Å². The number of nitrogens with zero attached hydrogens (tertiary/aromatic N) is 3. The van der Waals surface area contributed by atoms with Crippen molar-refractivity contribution in [2.45, 2.75) is 32.6 Å². The quantitative estimate of drug-likeness (QED) is 0.832. The summed E-state index contributed by atoms with van der Waals surface area (Å²) < 4.78 is 27.6. The Morgan fingerprint density at radius 1 is 1.28 bits per heavy atom. The Balaban J connectivity index is 1.52. The van der Waals surface area contributed by atoms with Gasteiger partial charge in [-0.25, -0.2) is 0 Å². The fraction of sp³-hybridized carbons (Fsp3) is 0.529. The van der Waals surface area contributed by atoms with Crippen LogP contribution in [0.15, 0.2) is 16.7 Å². The van der Waals surface area contributed by atoms with Crippen LogP contribution in [0.1, 0.15) is 30.3 Å². The van der Waals surface area contributed by atoms with Crippen LogP contribution in [0.4, 0.5) is 0 Å². The van der Waals surface area contributed by atoms with Crippen LogP contribution in [0.2, 0.25) is 0 Å². The highest BCUT2D eigenvalue weighted by Gasteiger charge is 2.31. The van der Waals surface area contributed by atoms with Crippen molar-refractivity contribution in [1.29, 1.82) is 0 Å². The summed E-state index contributed by atoms with van der Waals surface area (Å²) in [4.78, 5) is 6.60. The second kappa shape index (κ2) is 6.53. The van der Waals surface area contributed by atoms with Gasteiger partial charge in [-0.05, 0) is 31.5 Å². The molecule has 134 valence electrons. The highest BCUT2D eigenvalue weighted by molar-refractivity contribution is 5.55. The van der Waals surface area contributed by atoms with Gasteiger partial charge in [0.05, 0.1) is 13.2 Å². The largest absolute Gasteiger partial charge is 0.493 e. The number of aryl methyl sites for hydroxylation is 1. The average Bonchev–Trinajstić information content (AvgIpc) is 3.22. The normalized spacial score (nSPS) is 23.0. The standard InChI is InChI=1S/C17H21N3O5/c1-10-6-20(8-15(24-10)17-18-11(2)19-25-17)7-12-4-13(21-3)16-14(5-12)22-9-23-16/h4-5,10,15H,6-9H2,1-3H3/t10-,15-/m1/s1. The van der Waals surface area contributed by atoms with Crippen LogP contribution in [-0.2, 0) is 11.3 Å². The maximum atomic E-state index is 5.97. The molecule has 0 spiro atoms. The second-order valence-corrected chi connectivity index (χ2v) is 6.34. The van der Waals surface area contributed by atoms with Gasteiger partial charge in [0.25, 0.3) is 5.89 Å². The fourth-order valence-electron chi connectivity index (χ4n) is 3.28. The Morgan fingerprint density at radius 3 is 2.92 bits per heavy atom. The van der Waals surface area contributed by atoms with Crippen LogP contribution < -0.4 is 14.2 Å². The first-order valence-corrected chi connectivity index (χ1v) is 8.27. The summed E-state index contributed by atoms with van der Waals surface area (Å²) in [6.07, 6.45) is -0.150. The highest BCUT2D eigenvalue weighted by Crippen LogP contribution is 2.42. The molecule has 8 nitrogen and oxygen atoms in total. The van der Waals surface area contributed by atoms with Crippen LogP contribution in [-0.4, -0.2) is 48.1 Å². The van der Waals surface area contributed by atoms with E-state index in [-0.39, 0.29) is 19.0 Å². The predicted octanol–water partition coefficient (Wildman–Crippen LogP) is 2.08. The molecule has 8 heteroatoms. The van der Waals surface area contributed by atoms with Crippen LogP contribution in [0, 0.1) is 6.92 Å². The van der Waals surface area contributed by atoms with E-state index in [2.05, 4.69) is 15.0 Å². The van der Waals surface area contributed by atoms with E-state index in [9.17, 15) is 0 Å². The van der Waals surface area contributed by atoms with Crippen molar-refractivity contribution >= 4 is 0 Å². The number of benzene rings is 1. The summed E-state index contributed by atoms with van der Waals surface area (Å²) in [7, 11) is 1.63. The summed E-state index contributed by atoms with van der Waals surface area (Å²) in [6.45, 7) is 6.31. The molecule has 1 fully saturated rings. The summed E-state index contributed by atoms with van der Waals surface area (Å²) in [6, 6.07) is 3.98. The summed E-state index contributed by atoms with van der Waals surface area (Å²) >= 11 is 0. The molecular formula is C17H21N3O5. The monoisotopic (exact) mass is 347 g/mol. The van der Waals surface area contributed by atoms with Crippen LogP contribution in [0.25, 0.3) is 0 Å². The topological polar surface area (TPSA) is 79.1 Å². The molecule has 1 aromatic heterocycles. The Labute approximate surface area is 145 Å². The van der Waals surface area contributed by atoms with Gasteiger partial charge in [-0.2, -0.15) is 4.98 Å². The lowest BCUT2D eigenvalue weighted by Gasteiger charge is -2.35. The van der Waals surface area contributed by atoms with Gasteiger partial charge in [0, 0.05) is 19.6 Å². The Bertz CT molecular complexity index is 763. The molecule has 0 bridgehead atoms. The van der Waals surface area contributed by atoms with Crippen LogP contribution >= 0.6 is 0 Å². The third-order valence-electron chi connectivity index (χ3n) is 4.28. The van der Waals surface area contributed by atoms with Gasteiger partial charge >= 0.3 is 0 Å². The molecule has 2 atom stereocenters. The maximum Gasteiger partial charge on any atom is 0.257 e. The Hall–Kier alpha value is -2.32. The third kappa shape index (κ3) is 3.27. The second-order valence-electron chi connectivity index (χ2n) is 6.34. The number of hydrogen-bond acceptors (Lipinski definition) is 8. The van der Waals surface area contributed by atoms with Crippen molar-refractivity contribution in [2.24, 2.45) is 0 Å². The van der Waals surface area contributed by atoms with Gasteiger partial charge in [0.1, 0.15) is 6.10 Å². The molecule has 4 rings (SSSR count). The van der Waals surface area contributed by atoms with E-state index in [1.165, 1.54) is 0 Å². The zero-order valence-electron chi connectivity index (χ0n) is 14.5. The molecule has 0 N–H and O–H groups in total. The van der Waals surface area contributed by atoms with Crippen molar-refractivity contribution in [3.8, 4) is 17.2 Å². The first-order valence-electron chi connectivity index (χ1n) is 8.27. The molecule has 3 heterocycles. The van der Waals surface area contributed by atoms with E-state index >= 15 is 0 Å². The SMILES string of the molecule is COc1cc(CN2C[C@@H](C)O[C@@H](c3nc(C)no3)C2)cc2c1OCO2. The summed E-state index contributed by atoms with van der Waals surface area (Å²) in [5, 5.41) is 3.86.